The van der Waals surface area contributed by atoms with Gasteiger partial charge in [0.25, 0.3) is 0 Å². The number of carboxylic acid groups (broad SMARTS) is 1. The first-order valence-corrected chi connectivity index (χ1v) is 5.84. The number of aromatic nitrogens is 1. The minimum absolute atomic E-state index is 0.0328. The fourth-order valence-corrected chi connectivity index (χ4v) is 1.77. The number of nitrogens with one attached hydrogen (secondary N) is 1. The van der Waals surface area contributed by atoms with Gasteiger partial charge in [0.05, 0.1) is 6.61 Å². The molecule has 0 saturated carbocycles. The van der Waals surface area contributed by atoms with E-state index in [0.717, 1.165) is 0 Å². The second kappa shape index (κ2) is 5.33. The minimum atomic E-state index is -1.08. The molecule has 1 aliphatic heterocycles. The van der Waals surface area contributed by atoms with Crippen LogP contribution < -0.4 is 11.1 Å². The predicted octanol–water partition coefficient (Wildman–Crippen LogP) is -0.486. The van der Waals surface area contributed by atoms with Crippen LogP contribution in [0.1, 0.15) is 22.5 Å². The number of nitrogens with two attached hydrogens (primary N) is 1. The molecular weight excluding hydrogens is 250 g/mol. The van der Waals surface area contributed by atoms with Crippen molar-refractivity contribution in [1.82, 2.24) is 10.3 Å². The molecule has 0 radical (unpaired) electrons. The van der Waals surface area contributed by atoms with Crippen LogP contribution in [0.5, 0.6) is 0 Å². The van der Waals surface area contributed by atoms with Gasteiger partial charge in [-0.1, -0.05) is 6.07 Å². The average Bonchev–Trinajstić information content (AvgIpc) is 2.84. The van der Waals surface area contributed by atoms with Crippen molar-refractivity contribution >= 4 is 11.9 Å². The number of nitrogens with zero attached hydrogens (tertiary/aromatic N) is 1. The van der Waals surface area contributed by atoms with E-state index in [1.807, 2.05) is 0 Å². The molecule has 2 rings (SSSR count). The Bertz CT molecular complexity index is 480. The summed E-state index contributed by atoms with van der Waals surface area (Å²) in [7, 11) is 0. The Hall–Kier alpha value is -1.99. The second-order valence-electron chi connectivity index (χ2n) is 4.50. The third-order valence-electron chi connectivity index (χ3n) is 3.00. The van der Waals surface area contributed by atoms with Gasteiger partial charge in [0.15, 0.2) is 0 Å². The Morgan fingerprint density at radius 1 is 1.53 bits per heavy atom. The molecule has 1 aromatic heterocycles. The zero-order valence-electron chi connectivity index (χ0n) is 10.3. The number of amides is 1. The van der Waals surface area contributed by atoms with Gasteiger partial charge in [0.2, 0.25) is 5.91 Å². The number of hydrogen-bond donors (Lipinski definition) is 3. The fraction of sp³-hybridized carbons (Fsp3) is 0.417. The lowest BCUT2D eigenvalue weighted by atomic mass is 9.99. The molecule has 0 spiro atoms. The molecule has 1 amide bonds. The van der Waals surface area contributed by atoms with Crippen LogP contribution in [0.25, 0.3) is 0 Å². The van der Waals surface area contributed by atoms with E-state index in [-0.39, 0.29) is 24.8 Å². The molecule has 0 aliphatic carbocycles. The number of carbonyl (C=O) groups is 2. The highest BCUT2D eigenvalue weighted by Gasteiger charge is 2.37. The van der Waals surface area contributed by atoms with E-state index in [1.54, 1.807) is 6.07 Å². The number of pyridine rings is 1. The van der Waals surface area contributed by atoms with E-state index in [4.69, 9.17) is 15.6 Å². The van der Waals surface area contributed by atoms with E-state index in [1.165, 1.54) is 12.3 Å². The summed E-state index contributed by atoms with van der Waals surface area (Å²) in [5.41, 5.74) is 5.61. The molecule has 1 atom stereocenters. The molecule has 19 heavy (non-hydrogen) atoms. The van der Waals surface area contributed by atoms with Gasteiger partial charge in [0.1, 0.15) is 11.2 Å². The Morgan fingerprint density at radius 2 is 2.32 bits per heavy atom. The Balaban J connectivity index is 1.91. The normalized spacial score (nSPS) is 22.2. The quantitative estimate of drug-likeness (QED) is 0.677. The Kier molecular flexibility index (Phi) is 3.77. The highest BCUT2D eigenvalue weighted by Crippen LogP contribution is 2.15. The first-order chi connectivity index (χ1) is 9.01. The van der Waals surface area contributed by atoms with Crippen LogP contribution in [-0.2, 0) is 16.1 Å². The van der Waals surface area contributed by atoms with E-state index in [2.05, 4.69) is 10.3 Å². The van der Waals surface area contributed by atoms with Crippen molar-refractivity contribution in [3.05, 3.63) is 29.6 Å². The Labute approximate surface area is 109 Å². The largest absolute Gasteiger partial charge is 0.477 e. The van der Waals surface area contributed by atoms with E-state index >= 15 is 0 Å². The maximum Gasteiger partial charge on any atom is 0.354 e. The lowest BCUT2D eigenvalue weighted by molar-refractivity contribution is -0.126. The summed E-state index contributed by atoms with van der Waals surface area (Å²) in [6.45, 7) is 0.957. The van der Waals surface area contributed by atoms with Crippen molar-refractivity contribution < 1.29 is 19.4 Å². The van der Waals surface area contributed by atoms with Gasteiger partial charge in [-0.15, -0.1) is 0 Å². The zero-order valence-corrected chi connectivity index (χ0v) is 10.3. The molecule has 7 heteroatoms. The molecule has 1 aliphatic rings. The standard InChI is InChI=1S/C12H15N3O4/c13-12(3-4-19-7-12)11(18)15-6-8-1-2-9(10(16)17)14-5-8/h1-2,5H,3-4,6-7,13H2,(H,15,18)(H,16,17). The summed E-state index contributed by atoms with van der Waals surface area (Å²) >= 11 is 0. The van der Waals surface area contributed by atoms with Gasteiger partial charge in [-0.25, -0.2) is 9.78 Å². The first-order valence-electron chi connectivity index (χ1n) is 5.84. The summed E-state index contributed by atoms with van der Waals surface area (Å²) < 4.78 is 5.11. The molecular formula is C12H15N3O4. The maximum atomic E-state index is 11.9. The van der Waals surface area contributed by atoms with Gasteiger partial charge in [-0.05, 0) is 18.1 Å². The van der Waals surface area contributed by atoms with Crippen molar-refractivity contribution in [2.24, 2.45) is 5.73 Å². The van der Waals surface area contributed by atoms with Gasteiger partial charge in [-0.2, -0.15) is 0 Å². The second-order valence-corrected chi connectivity index (χ2v) is 4.50. The average molecular weight is 265 g/mol. The van der Waals surface area contributed by atoms with Crippen LogP contribution in [0.15, 0.2) is 18.3 Å². The van der Waals surface area contributed by atoms with Gasteiger partial charge >= 0.3 is 5.97 Å². The monoisotopic (exact) mass is 265 g/mol. The Morgan fingerprint density at radius 3 is 2.84 bits per heavy atom. The maximum absolute atomic E-state index is 11.9. The summed E-state index contributed by atoms with van der Waals surface area (Å²) in [6.07, 6.45) is 1.91. The van der Waals surface area contributed by atoms with Crippen molar-refractivity contribution in [3.8, 4) is 0 Å². The third kappa shape index (κ3) is 3.07. The number of carboxylic acids is 1. The van der Waals surface area contributed by atoms with E-state index in [9.17, 15) is 9.59 Å². The van der Waals surface area contributed by atoms with Crippen molar-refractivity contribution in [2.75, 3.05) is 13.2 Å². The molecule has 102 valence electrons. The number of carbonyl (C=O) groups excluding carboxylic acids is 1. The molecule has 7 nitrogen and oxygen atoms in total. The smallest absolute Gasteiger partial charge is 0.354 e. The highest BCUT2D eigenvalue weighted by atomic mass is 16.5. The molecule has 1 fully saturated rings. The van der Waals surface area contributed by atoms with Crippen LogP contribution >= 0.6 is 0 Å². The first kappa shape index (κ1) is 13.4. The van der Waals surface area contributed by atoms with Crippen molar-refractivity contribution in [2.45, 2.75) is 18.5 Å². The van der Waals surface area contributed by atoms with Crippen LogP contribution in [0, 0.1) is 0 Å². The molecule has 2 heterocycles. The minimum Gasteiger partial charge on any atom is -0.477 e. The van der Waals surface area contributed by atoms with Crippen LogP contribution in [0.2, 0.25) is 0 Å². The fourth-order valence-electron chi connectivity index (χ4n) is 1.77. The molecule has 4 N–H and O–H groups in total. The highest BCUT2D eigenvalue weighted by molar-refractivity contribution is 5.86. The topological polar surface area (TPSA) is 115 Å². The predicted molar refractivity (Wildman–Crippen MR) is 65.4 cm³/mol. The van der Waals surface area contributed by atoms with Crippen molar-refractivity contribution in [1.29, 1.82) is 0 Å². The van der Waals surface area contributed by atoms with Gasteiger partial charge in [-0.3, -0.25) is 4.79 Å². The van der Waals surface area contributed by atoms with Gasteiger partial charge in [0, 0.05) is 19.3 Å². The molecule has 0 bridgehead atoms. The molecule has 1 saturated heterocycles. The van der Waals surface area contributed by atoms with E-state index < -0.39 is 11.5 Å². The number of aromatic carboxylic acids is 1. The van der Waals surface area contributed by atoms with Crippen molar-refractivity contribution in [3.63, 3.8) is 0 Å². The van der Waals surface area contributed by atoms with E-state index in [0.29, 0.717) is 18.6 Å². The molecule has 1 unspecified atom stereocenters. The summed E-state index contributed by atoms with van der Waals surface area (Å²) in [5.74, 6) is -1.35. The summed E-state index contributed by atoms with van der Waals surface area (Å²) in [5, 5.41) is 11.4. The number of ether oxygens (including phenoxy) is 1. The van der Waals surface area contributed by atoms with Crippen LogP contribution in [0.3, 0.4) is 0 Å². The summed E-state index contributed by atoms with van der Waals surface area (Å²) in [4.78, 5) is 26.3. The zero-order chi connectivity index (χ0) is 13.9. The lowest BCUT2D eigenvalue weighted by Gasteiger charge is -2.20. The molecule has 0 aromatic carbocycles. The van der Waals surface area contributed by atoms with Crippen LogP contribution in [-0.4, -0.2) is 40.7 Å². The van der Waals surface area contributed by atoms with Crippen LogP contribution in [0.4, 0.5) is 0 Å². The lowest BCUT2D eigenvalue weighted by Crippen LogP contribution is -2.54. The number of hydrogen-bond acceptors (Lipinski definition) is 5. The SMILES string of the molecule is NC1(C(=O)NCc2ccc(C(=O)O)nc2)CCOC1. The summed E-state index contributed by atoms with van der Waals surface area (Å²) in [6, 6.07) is 2.99. The third-order valence-corrected chi connectivity index (χ3v) is 3.00. The molecule has 1 aromatic rings. The number of rotatable bonds is 4. The van der Waals surface area contributed by atoms with Gasteiger partial charge < -0.3 is 20.9 Å².